The van der Waals surface area contributed by atoms with Crippen LogP contribution < -0.4 is 0 Å². The molecule has 0 aliphatic heterocycles. The van der Waals surface area contributed by atoms with Gasteiger partial charge in [0.1, 0.15) is 0 Å². The average Bonchev–Trinajstić information content (AvgIpc) is 3.50. The van der Waals surface area contributed by atoms with E-state index in [-0.39, 0.29) is 5.78 Å². The number of aromatic nitrogens is 5. The maximum atomic E-state index is 18.1. The Kier molecular flexibility index (Phi) is 12.4. The molecule has 0 radical (unpaired) electrons. The topological polar surface area (TPSA) is 81.5 Å². The zero-order chi connectivity index (χ0) is 49.6. The zero-order valence-electron chi connectivity index (χ0n) is 40.1. The maximum absolute atomic E-state index is 18.1. The van der Waals surface area contributed by atoms with Gasteiger partial charge in [-0.1, -0.05) is 182 Å². The Hall–Kier alpha value is -10.0. The Bertz CT molecular complexity index is 3420. The van der Waals surface area contributed by atoms with Gasteiger partial charge in [-0.05, 0) is 105 Å². The molecular formula is C68H45N5O. The first kappa shape index (κ1) is 45.1. The predicted molar refractivity (Wildman–Crippen MR) is 300 cm³/mol. The van der Waals surface area contributed by atoms with E-state index < -0.39 is 0 Å². The van der Waals surface area contributed by atoms with Crippen LogP contribution in [0.5, 0.6) is 0 Å². The molecule has 0 unspecified atom stereocenters. The minimum atomic E-state index is -0.236. The molecule has 0 N–H and O–H groups in total. The summed E-state index contributed by atoms with van der Waals surface area (Å²) in [7, 11) is 0. The Balaban J connectivity index is 1.40. The fraction of sp³-hybridized carbons (Fsp3) is 0. The molecule has 12 rings (SSSR count). The Labute approximate surface area is 430 Å². The summed E-state index contributed by atoms with van der Waals surface area (Å²) >= 11 is 0. The molecule has 0 atom stereocenters. The lowest BCUT2D eigenvalue weighted by Crippen LogP contribution is -2.16. The highest BCUT2D eigenvalue weighted by Crippen LogP contribution is 2.56. The van der Waals surface area contributed by atoms with Crippen molar-refractivity contribution in [1.29, 1.82) is 0 Å². The predicted octanol–water partition coefficient (Wildman–Crippen LogP) is 16.6. The van der Waals surface area contributed by atoms with E-state index in [4.69, 9.17) is 24.9 Å². The van der Waals surface area contributed by atoms with Gasteiger partial charge < -0.3 is 0 Å². The molecule has 0 saturated carbocycles. The van der Waals surface area contributed by atoms with Crippen molar-refractivity contribution in [2.45, 2.75) is 0 Å². The fourth-order valence-corrected chi connectivity index (χ4v) is 10.4. The molecule has 12 aromatic rings. The first-order chi connectivity index (χ1) is 36.7. The molecule has 0 aliphatic carbocycles. The molecule has 0 amide bonds. The smallest absolute Gasteiger partial charge is 0.195 e. The quantitative estimate of drug-likeness (QED) is 0.114. The van der Waals surface area contributed by atoms with Gasteiger partial charge in [-0.2, -0.15) is 0 Å². The molecule has 0 fully saturated rings. The Morgan fingerprint density at radius 1 is 0.203 bits per heavy atom. The summed E-state index contributed by atoms with van der Waals surface area (Å²) in [5, 5.41) is 0. The summed E-state index contributed by atoms with van der Waals surface area (Å²) in [6.07, 6.45) is 8.92. The SMILES string of the molecule is O=C(c1c(-c2ccccc2)c(-c2ccccc2)c(-c2ccccc2)c(-c2ccccc2)c1-c1ccccc1)c1c(-c2ccccn2)c(-c2ccccn2)c(-c2ccccn2)c(-c2ccccn2)c1-c1ccccn1. The van der Waals surface area contributed by atoms with Gasteiger partial charge in [0, 0.05) is 81.1 Å². The third-order valence-electron chi connectivity index (χ3n) is 13.4. The lowest BCUT2D eigenvalue weighted by atomic mass is 9.72. The van der Waals surface area contributed by atoms with Gasteiger partial charge in [-0.25, -0.2) is 0 Å². The van der Waals surface area contributed by atoms with Crippen LogP contribution in [0.4, 0.5) is 0 Å². The van der Waals surface area contributed by atoms with Gasteiger partial charge in [0.15, 0.2) is 5.78 Å². The number of carbonyl (C=O) groups excluding carboxylic acids is 1. The summed E-state index contributed by atoms with van der Waals surface area (Å²) < 4.78 is 0. The van der Waals surface area contributed by atoms with E-state index in [1.165, 1.54) is 0 Å². The van der Waals surface area contributed by atoms with Gasteiger partial charge >= 0.3 is 0 Å². The molecule has 0 saturated heterocycles. The van der Waals surface area contributed by atoms with Gasteiger partial charge in [0.05, 0.1) is 28.5 Å². The van der Waals surface area contributed by atoms with Crippen molar-refractivity contribution in [3.8, 4) is 112 Å². The average molecular weight is 948 g/mol. The summed E-state index contributed by atoms with van der Waals surface area (Å²) in [6, 6.07) is 81.5. The Morgan fingerprint density at radius 3 is 0.662 bits per heavy atom. The van der Waals surface area contributed by atoms with E-state index in [0.29, 0.717) is 61.9 Å². The lowest BCUT2D eigenvalue weighted by Gasteiger charge is -2.30. The van der Waals surface area contributed by atoms with Crippen molar-refractivity contribution < 1.29 is 4.79 Å². The van der Waals surface area contributed by atoms with E-state index in [1.807, 2.05) is 146 Å². The second-order valence-electron chi connectivity index (χ2n) is 17.7. The third kappa shape index (κ3) is 8.36. The van der Waals surface area contributed by atoms with Crippen LogP contribution >= 0.6 is 0 Å². The van der Waals surface area contributed by atoms with E-state index in [0.717, 1.165) is 61.2 Å². The Morgan fingerprint density at radius 2 is 0.405 bits per heavy atom. The van der Waals surface area contributed by atoms with Gasteiger partial charge in [0.2, 0.25) is 0 Å². The molecular weight excluding hydrogens is 903 g/mol. The van der Waals surface area contributed by atoms with Crippen LogP contribution in [0.15, 0.2) is 274 Å². The number of hydrogen-bond donors (Lipinski definition) is 0. The molecule has 0 aliphatic rings. The molecule has 74 heavy (non-hydrogen) atoms. The number of hydrogen-bond acceptors (Lipinski definition) is 6. The first-order valence-corrected chi connectivity index (χ1v) is 24.6. The molecule has 348 valence electrons. The van der Waals surface area contributed by atoms with Crippen molar-refractivity contribution in [1.82, 2.24) is 24.9 Å². The van der Waals surface area contributed by atoms with Crippen molar-refractivity contribution in [3.63, 3.8) is 0 Å². The normalized spacial score (nSPS) is 11.0. The number of benzene rings is 7. The van der Waals surface area contributed by atoms with Crippen molar-refractivity contribution in [2.75, 3.05) is 0 Å². The molecule has 5 heterocycles. The van der Waals surface area contributed by atoms with Gasteiger partial charge in [-0.15, -0.1) is 0 Å². The summed E-state index contributed by atoms with van der Waals surface area (Å²) in [4.78, 5) is 43.7. The second kappa shape index (κ2) is 20.4. The van der Waals surface area contributed by atoms with Crippen LogP contribution in [0.25, 0.3) is 112 Å². The molecule has 6 nitrogen and oxygen atoms in total. The number of pyridine rings is 5. The van der Waals surface area contributed by atoms with Crippen molar-refractivity contribution in [2.24, 2.45) is 0 Å². The summed E-state index contributed by atoms with van der Waals surface area (Å²) in [5.41, 5.74) is 16.4. The molecule has 6 heteroatoms. The molecule has 0 spiro atoms. The largest absolute Gasteiger partial charge is 0.289 e. The number of rotatable bonds is 12. The third-order valence-corrected chi connectivity index (χ3v) is 13.4. The first-order valence-electron chi connectivity index (χ1n) is 24.6. The highest BCUT2D eigenvalue weighted by molar-refractivity contribution is 6.29. The zero-order valence-corrected chi connectivity index (χ0v) is 40.1. The van der Waals surface area contributed by atoms with Crippen molar-refractivity contribution >= 4 is 5.78 Å². The number of ketones is 1. The standard InChI is InChI=1S/C68H45N5O/c74-68(66-59(49-32-12-4-13-33-49)57(47-28-8-2-9-29-47)56(46-26-6-1-7-27-46)58(48-30-10-3-11-31-48)60(66)50-34-14-5-15-35-50)67-64(54-39-19-24-44-72-54)62(52-37-17-22-42-70-52)61(51-36-16-21-41-69-51)63(53-38-18-23-43-71-53)65(67)55-40-20-25-45-73-55/h1-45H. The van der Waals surface area contributed by atoms with Crippen LogP contribution in [0.1, 0.15) is 15.9 Å². The monoisotopic (exact) mass is 947 g/mol. The number of carbonyl (C=O) groups is 1. The molecule has 5 aromatic heterocycles. The second-order valence-corrected chi connectivity index (χ2v) is 17.7. The molecule has 7 aromatic carbocycles. The van der Waals surface area contributed by atoms with E-state index >= 15 is 4.79 Å². The van der Waals surface area contributed by atoms with Gasteiger partial charge in [0.25, 0.3) is 0 Å². The fourth-order valence-electron chi connectivity index (χ4n) is 10.4. The lowest BCUT2D eigenvalue weighted by molar-refractivity contribution is 0.104. The van der Waals surface area contributed by atoms with Crippen LogP contribution in [-0.2, 0) is 0 Å². The van der Waals surface area contributed by atoms with E-state index in [9.17, 15) is 0 Å². The van der Waals surface area contributed by atoms with Crippen LogP contribution in [0, 0.1) is 0 Å². The highest BCUT2D eigenvalue weighted by atomic mass is 16.1. The minimum Gasteiger partial charge on any atom is -0.289 e. The molecule has 0 bridgehead atoms. The van der Waals surface area contributed by atoms with Crippen LogP contribution in [-0.4, -0.2) is 30.7 Å². The summed E-state index contributed by atoms with van der Waals surface area (Å²) in [6.45, 7) is 0. The van der Waals surface area contributed by atoms with Crippen LogP contribution in [0.2, 0.25) is 0 Å². The number of nitrogens with zero attached hydrogens (tertiary/aromatic N) is 5. The van der Waals surface area contributed by atoms with Crippen LogP contribution in [0.3, 0.4) is 0 Å². The van der Waals surface area contributed by atoms with Gasteiger partial charge in [-0.3, -0.25) is 29.7 Å². The van der Waals surface area contributed by atoms with E-state index in [1.54, 1.807) is 31.0 Å². The highest BCUT2D eigenvalue weighted by Gasteiger charge is 2.38. The van der Waals surface area contributed by atoms with Crippen molar-refractivity contribution in [3.05, 3.63) is 285 Å². The van der Waals surface area contributed by atoms with E-state index in [2.05, 4.69) is 97.1 Å². The maximum Gasteiger partial charge on any atom is 0.195 e. The minimum absolute atomic E-state index is 0.236. The summed E-state index contributed by atoms with van der Waals surface area (Å²) in [5.74, 6) is -0.236.